The maximum Gasteiger partial charge on any atom is 0.246 e. The number of likely N-dealkylation sites (N-methyl/N-ethyl adjacent to an activating group) is 1. The predicted octanol–water partition coefficient (Wildman–Crippen LogP) is 2.60. The fraction of sp³-hybridized carbons (Fsp3) is 0.429. The third-order valence-corrected chi connectivity index (χ3v) is 5.07. The van der Waals surface area contributed by atoms with Crippen LogP contribution in [-0.2, 0) is 18.3 Å². The van der Waals surface area contributed by atoms with Gasteiger partial charge in [-0.15, -0.1) is 0 Å². The number of piperidine rings is 1. The molecule has 0 spiro atoms. The van der Waals surface area contributed by atoms with E-state index < -0.39 is 0 Å². The molecule has 0 bridgehead atoms. The van der Waals surface area contributed by atoms with Gasteiger partial charge in [0.2, 0.25) is 5.91 Å². The van der Waals surface area contributed by atoms with Crippen molar-refractivity contribution in [1.82, 2.24) is 19.6 Å². The van der Waals surface area contributed by atoms with Crippen molar-refractivity contribution in [3.8, 4) is 0 Å². The van der Waals surface area contributed by atoms with Crippen molar-refractivity contribution in [1.29, 1.82) is 0 Å². The third kappa shape index (κ3) is 5.05. The van der Waals surface area contributed by atoms with Gasteiger partial charge in [-0.1, -0.05) is 30.3 Å². The summed E-state index contributed by atoms with van der Waals surface area (Å²) >= 11 is 0. The number of benzene rings is 1. The first-order valence-corrected chi connectivity index (χ1v) is 9.31. The highest BCUT2D eigenvalue weighted by molar-refractivity contribution is 5.91. The maximum absolute atomic E-state index is 12.5. The van der Waals surface area contributed by atoms with Crippen LogP contribution in [0.2, 0.25) is 0 Å². The molecule has 1 aliphatic rings. The summed E-state index contributed by atoms with van der Waals surface area (Å²) in [5, 5.41) is 4.12. The van der Waals surface area contributed by atoms with Gasteiger partial charge in [-0.25, -0.2) is 0 Å². The van der Waals surface area contributed by atoms with E-state index in [9.17, 15) is 4.79 Å². The molecule has 1 saturated heterocycles. The van der Waals surface area contributed by atoms with Crippen molar-refractivity contribution >= 4 is 12.0 Å². The molecule has 0 radical (unpaired) electrons. The Morgan fingerprint density at radius 1 is 1.35 bits per heavy atom. The minimum atomic E-state index is 0.0926. The molecule has 1 unspecified atom stereocenters. The van der Waals surface area contributed by atoms with E-state index in [1.165, 1.54) is 5.56 Å². The van der Waals surface area contributed by atoms with Crippen molar-refractivity contribution in [3.63, 3.8) is 0 Å². The number of hydrogen-bond donors (Lipinski definition) is 0. The Bertz CT molecular complexity index is 737. The van der Waals surface area contributed by atoms with E-state index in [1.54, 1.807) is 17.0 Å². The van der Waals surface area contributed by atoms with Crippen LogP contribution in [0.1, 0.15) is 24.0 Å². The Morgan fingerprint density at radius 2 is 2.15 bits per heavy atom. The van der Waals surface area contributed by atoms with E-state index in [0.717, 1.165) is 44.5 Å². The van der Waals surface area contributed by atoms with Crippen molar-refractivity contribution in [2.75, 3.05) is 26.7 Å². The number of nitrogens with zero attached hydrogens (tertiary/aromatic N) is 4. The first-order valence-electron chi connectivity index (χ1n) is 9.31. The lowest BCUT2D eigenvalue weighted by Crippen LogP contribution is -2.48. The Hall–Kier alpha value is -2.40. The van der Waals surface area contributed by atoms with Gasteiger partial charge in [-0.2, -0.15) is 5.10 Å². The summed E-state index contributed by atoms with van der Waals surface area (Å²) in [4.78, 5) is 16.9. The first kappa shape index (κ1) is 18.4. The number of hydrogen-bond acceptors (Lipinski definition) is 3. The molecule has 2 aromatic rings. The average molecular weight is 352 g/mol. The molecule has 5 heteroatoms. The van der Waals surface area contributed by atoms with Crippen molar-refractivity contribution in [2.24, 2.45) is 7.05 Å². The summed E-state index contributed by atoms with van der Waals surface area (Å²) in [7, 11) is 4.05. The number of likely N-dealkylation sites (tertiary alicyclic amines) is 1. The zero-order valence-corrected chi connectivity index (χ0v) is 15.7. The summed E-state index contributed by atoms with van der Waals surface area (Å²) in [6.07, 6.45) is 10.4. The predicted molar refractivity (Wildman–Crippen MR) is 105 cm³/mol. The van der Waals surface area contributed by atoms with Crippen LogP contribution in [0.4, 0.5) is 0 Å². The largest absolute Gasteiger partial charge is 0.338 e. The molecular weight excluding hydrogens is 324 g/mol. The second kappa shape index (κ2) is 8.81. The van der Waals surface area contributed by atoms with Gasteiger partial charge >= 0.3 is 0 Å². The lowest BCUT2D eigenvalue weighted by atomic mass is 10.0. The molecule has 0 aliphatic carbocycles. The van der Waals surface area contributed by atoms with Gasteiger partial charge in [-0.3, -0.25) is 9.48 Å². The van der Waals surface area contributed by atoms with Gasteiger partial charge in [0, 0.05) is 50.6 Å². The molecule has 2 heterocycles. The van der Waals surface area contributed by atoms with Gasteiger partial charge in [-0.05, 0) is 37.9 Å². The first-order chi connectivity index (χ1) is 12.6. The normalized spacial score (nSPS) is 18.0. The van der Waals surface area contributed by atoms with E-state index in [0.29, 0.717) is 6.04 Å². The lowest BCUT2D eigenvalue weighted by molar-refractivity contribution is -0.127. The summed E-state index contributed by atoms with van der Waals surface area (Å²) < 4.78 is 1.74. The van der Waals surface area contributed by atoms with Gasteiger partial charge in [0.05, 0.1) is 6.20 Å². The van der Waals surface area contributed by atoms with Gasteiger partial charge < -0.3 is 9.80 Å². The van der Waals surface area contributed by atoms with Crippen LogP contribution >= 0.6 is 0 Å². The minimum absolute atomic E-state index is 0.0926. The molecule has 1 atom stereocenters. The van der Waals surface area contributed by atoms with Crippen LogP contribution in [-0.4, -0.2) is 58.2 Å². The van der Waals surface area contributed by atoms with Crippen LogP contribution in [0, 0.1) is 0 Å². The number of aromatic nitrogens is 2. The summed E-state index contributed by atoms with van der Waals surface area (Å²) in [6, 6.07) is 11.0. The van der Waals surface area contributed by atoms with Crippen LogP contribution in [0.15, 0.2) is 48.8 Å². The highest BCUT2D eigenvalue weighted by atomic mass is 16.2. The van der Waals surface area contributed by atoms with Gasteiger partial charge in [0.25, 0.3) is 0 Å². The third-order valence-electron chi connectivity index (χ3n) is 5.07. The fourth-order valence-electron chi connectivity index (χ4n) is 3.45. The maximum atomic E-state index is 12.5. The molecule has 0 N–H and O–H groups in total. The molecule has 1 amide bonds. The van der Waals surface area contributed by atoms with Crippen LogP contribution in [0.3, 0.4) is 0 Å². The standard InChI is InChI=1S/C21H28N4O/c1-23(14-12-18-7-4-3-5-8-18)20-9-6-13-25(17-20)21(26)11-10-19-15-22-24(2)16-19/h3-5,7-8,10-11,15-16,20H,6,9,12-14,17H2,1-2H3/b11-10+. The second-order valence-corrected chi connectivity index (χ2v) is 7.08. The van der Waals surface area contributed by atoms with E-state index in [4.69, 9.17) is 0 Å². The molecule has 5 nitrogen and oxygen atoms in total. The lowest BCUT2D eigenvalue weighted by Gasteiger charge is -2.37. The Morgan fingerprint density at radius 3 is 2.88 bits per heavy atom. The van der Waals surface area contributed by atoms with Crippen LogP contribution in [0.5, 0.6) is 0 Å². The Labute approximate surface area is 155 Å². The second-order valence-electron chi connectivity index (χ2n) is 7.08. The molecule has 1 aromatic heterocycles. The van der Waals surface area contributed by atoms with E-state index >= 15 is 0 Å². The molecule has 138 valence electrons. The Balaban J connectivity index is 1.51. The molecule has 1 aromatic carbocycles. The molecular formula is C21H28N4O. The highest BCUT2D eigenvalue weighted by Gasteiger charge is 2.25. The van der Waals surface area contributed by atoms with E-state index in [-0.39, 0.29) is 5.91 Å². The highest BCUT2D eigenvalue weighted by Crippen LogP contribution is 2.16. The molecule has 1 fully saturated rings. The number of carbonyl (C=O) groups is 1. The fourth-order valence-corrected chi connectivity index (χ4v) is 3.45. The minimum Gasteiger partial charge on any atom is -0.338 e. The molecule has 26 heavy (non-hydrogen) atoms. The van der Waals surface area contributed by atoms with Crippen LogP contribution in [0.25, 0.3) is 6.08 Å². The monoisotopic (exact) mass is 352 g/mol. The van der Waals surface area contributed by atoms with E-state index in [2.05, 4.69) is 47.4 Å². The molecule has 3 rings (SSSR count). The number of aryl methyl sites for hydroxylation is 1. The quantitative estimate of drug-likeness (QED) is 0.751. The molecule has 1 aliphatic heterocycles. The van der Waals surface area contributed by atoms with Crippen molar-refractivity contribution in [3.05, 3.63) is 59.9 Å². The summed E-state index contributed by atoms with van der Waals surface area (Å²) in [6.45, 7) is 2.67. The van der Waals surface area contributed by atoms with Gasteiger partial charge in [0.1, 0.15) is 0 Å². The summed E-state index contributed by atoms with van der Waals surface area (Å²) in [5.74, 6) is 0.0926. The van der Waals surface area contributed by atoms with Crippen LogP contribution < -0.4 is 0 Å². The number of carbonyl (C=O) groups excluding carboxylic acids is 1. The molecule has 0 saturated carbocycles. The average Bonchev–Trinajstić information content (AvgIpc) is 3.10. The summed E-state index contributed by atoms with van der Waals surface area (Å²) in [5.41, 5.74) is 2.32. The SMILES string of the molecule is CN(CCc1ccccc1)C1CCCN(C(=O)/C=C/c2cnn(C)c2)C1. The van der Waals surface area contributed by atoms with Crippen molar-refractivity contribution < 1.29 is 4.79 Å². The number of rotatable bonds is 6. The smallest absolute Gasteiger partial charge is 0.246 e. The van der Waals surface area contributed by atoms with Crippen molar-refractivity contribution in [2.45, 2.75) is 25.3 Å². The topological polar surface area (TPSA) is 41.4 Å². The zero-order chi connectivity index (χ0) is 18.4. The Kier molecular flexibility index (Phi) is 6.23. The number of amides is 1. The van der Waals surface area contributed by atoms with E-state index in [1.807, 2.05) is 24.2 Å². The zero-order valence-electron chi connectivity index (χ0n) is 15.7. The van der Waals surface area contributed by atoms with Gasteiger partial charge in [0.15, 0.2) is 0 Å².